The molecule has 0 amide bonds. The van der Waals surface area contributed by atoms with E-state index in [1.807, 2.05) is 0 Å². The van der Waals surface area contributed by atoms with Gasteiger partial charge in [0.05, 0.1) is 6.26 Å². The van der Waals surface area contributed by atoms with Gasteiger partial charge in [-0.1, -0.05) is 13.8 Å². The Labute approximate surface area is 105 Å². The van der Waals surface area contributed by atoms with Gasteiger partial charge in [0.25, 0.3) is 10.2 Å². The van der Waals surface area contributed by atoms with Crippen LogP contribution in [0.5, 0.6) is 0 Å². The number of hydrogen-bond acceptors (Lipinski definition) is 4. The number of sulfonamides is 1. The van der Waals surface area contributed by atoms with Crippen LogP contribution in [0.25, 0.3) is 0 Å². The number of hydrogen-bond donors (Lipinski definition) is 3. The van der Waals surface area contributed by atoms with Gasteiger partial charge in [0, 0.05) is 19.1 Å². The fourth-order valence-electron chi connectivity index (χ4n) is 0.804. The lowest BCUT2D eigenvalue weighted by atomic mass is 10.4. The van der Waals surface area contributed by atoms with Crippen LogP contribution in [-0.4, -0.2) is 42.2 Å². The van der Waals surface area contributed by atoms with E-state index in [9.17, 15) is 16.8 Å². The average molecular weight is 289 g/mol. The van der Waals surface area contributed by atoms with Crippen molar-refractivity contribution in [2.75, 3.05) is 19.3 Å². The van der Waals surface area contributed by atoms with Gasteiger partial charge in [-0.2, -0.15) is 13.1 Å². The molecule has 9 heteroatoms. The smallest absolute Gasteiger partial charge is 0.216 e. The van der Waals surface area contributed by atoms with Gasteiger partial charge < -0.3 is 0 Å². The molecule has 0 saturated heterocycles. The molecule has 0 fully saturated rings. The summed E-state index contributed by atoms with van der Waals surface area (Å²) in [6.07, 6.45) is 1.14. The second-order valence-electron chi connectivity index (χ2n) is 3.54. The van der Waals surface area contributed by atoms with E-state index in [-0.39, 0.29) is 6.04 Å². The first-order valence-electron chi connectivity index (χ1n) is 5.25. The molecule has 0 rings (SSSR count). The Morgan fingerprint density at radius 3 is 1.53 bits per heavy atom. The normalized spacial score (nSPS) is 12.1. The van der Waals surface area contributed by atoms with E-state index in [4.69, 9.17) is 0 Å². The lowest BCUT2D eigenvalue weighted by Crippen LogP contribution is -2.40. The van der Waals surface area contributed by atoms with E-state index in [1.54, 1.807) is 27.7 Å². The molecule has 3 N–H and O–H groups in total. The van der Waals surface area contributed by atoms with Gasteiger partial charge in [0.1, 0.15) is 0 Å². The van der Waals surface area contributed by atoms with Crippen molar-refractivity contribution in [1.82, 2.24) is 14.2 Å². The Balaban J connectivity index is 0. The van der Waals surface area contributed by atoms with Crippen LogP contribution in [0.15, 0.2) is 0 Å². The maximum atomic E-state index is 10.8. The molecule has 106 valence electrons. The molecule has 0 radical (unpaired) electrons. The number of nitrogens with one attached hydrogen (secondary N) is 3. The van der Waals surface area contributed by atoms with E-state index in [1.165, 1.54) is 0 Å². The highest BCUT2D eigenvalue weighted by molar-refractivity contribution is 7.88. The SMILES string of the molecule is CCNS(=O)(=O)NC(C)C.CCNS(C)(=O)=O. The number of rotatable bonds is 6. The summed E-state index contributed by atoms with van der Waals surface area (Å²) in [7, 11) is -6.16. The molecule has 0 heterocycles. The largest absolute Gasteiger partial charge is 0.277 e. The Morgan fingerprint density at radius 2 is 1.35 bits per heavy atom. The highest BCUT2D eigenvalue weighted by Crippen LogP contribution is 1.81. The highest BCUT2D eigenvalue weighted by Gasteiger charge is 2.07. The van der Waals surface area contributed by atoms with Crippen molar-refractivity contribution in [1.29, 1.82) is 0 Å². The van der Waals surface area contributed by atoms with Gasteiger partial charge >= 0.3 is 0 Å². The van der Waals surface area contributed by atoms with Crippen LogP contribution in [0.4, 0.5) is 0 Å². The van der Waals surface area contributed by atoms with Crippen molar-refractivity contribution in [3.05, 3.63) is 0 Å². The Morgan fingerprint density at radius 1 is 0.941 bits per heavy atom. The summed E-state index contributed by atoms with van der Waals surface area (Å²) in [6.45, 7) is 7.91. The predicted octanol–water partition coefficient (Wildman–Crippen LogP) is -0.606. The summed E-state index contributed by atoms with van der Waals surface area (Å²) in [5, 5.41) is 0. The molecule has 17 heavy (non-hydrogen) atoms. The summed E-state index contributed by atoms with van der Waals surface area (Å²) in [5.41, 5.74) is 0. The van der Waals surface area contributed by atoms with Crippen LogP contribution in [0.3, 0.4) is 0 Å². The van der Waals surface area contributed by atoms with Crippen molar-refractivity contribution in [2.24, 2.45) is 0 Å². The Bertz CT molecular complexity index is 376. The summed E-state index contributed by atoms with van der Waals surface area (Å²) in [5.74, 6) is 0. The zero-order chi connectivity index (χ0) is 14.1. The van der Waals surface area contributed by atoms with Crippen molar-refractivity contribution in [3.8, 4) is 0 Å². The molecule has 0 aliphatic rings. The van der Waals surface area contributed by atoms with E-state index in [0.717, 1.165) is 6.26 Å². The third-order valence-electron chi connectivity index (χ3n) is 1.13. The van der Waals surface area contributed by atoms with Crippen LogP contribution in [0, 0.1) is 0 Å². The zero-order valence-electron chi connectivity index (χ0n) is 10.9. The van der Waals surface area contributed by atoms with Crippen LogP contribution in [0.1, 0.15) is 27.7 Å². The van der Waals surface area contributed by atoms with Gasteiger partial charge in [0.15, 0.2) is 0 Å². The summed E-state index contributed by atoms with van der Waals surface area (Å²) < 4.78 is 48.8. The highest BCUT2D eigenvalue weighted by atomic mass is 32.2. The topological polar surface area (TPSA) is 104 Å². The molecule has 0 saturated carbocycles. The first-order valence-corrected chi connectivity index (χ1v) is 8.63. The van der Waals surface area contributed by atoms with Crippen LogP contribution < -0.4 is 14.2 Å². The first kappa shape index (κ1) is 19.1. The lowest BCUT2D eigenvalue weighted by Gasteiger charge is -2.08. The minimum atomic E-state index is -3.23. The van der Waals surface area contributed by atoms with Gasteiger partial charge in [-0.25, -0.2) is 17.9 Å². The van der Waals surface area contributed by atoms with E-state index in [0.29, 0.717) is 13.1 Å². The van der Waals surface area contributed by atoms with Crippen molar-refractivity contribution in [3.63, 3.8) is 0 Å². The van der Waals surface area contributed by atoms with Gasteiger partial charge in [-0.3, -0.25) is 0 Å². The fraction of sp³-hybridized carbons (Fsp3) is 1.00. The van der Waals surface area contributed by atoms with Crippen molar-refractivity contribution >= 4 is 20.2 Å². The Kier molecular flexibility index (Phi) is 9.91. The molecule has 0 aromatic rings. The average Bonchev–Trinajstić information content (AvgIpc) is 1.98. The lowest BCUT2D eigenvalue weighted by molar-refractivity contribution is 0.557. The predicted molar refractivity (Wildman–Crippen MR) is 69.4 cm³/mol. The molecule has 0 aromatic heterocycles. The van der Waals surface area contributed by atoms with E-state index >= 15 is 0 Å². The molecule has 0 unspecified atom stereocenters. The molecular formula is C8H23N3O4S2. The first-order chi connectivity index (χ1) is 7.54. The molecular weight excluding hydrogens is 266 g/mol. The molecule has 7 nitrogen and oxygen atoms in total. The third-order valence-corrected chi connectivity index (χ3v) is 3.40. The second-order valence-corrected chi connectivity index (χ2v) is 6.91. The maximum Gasteiger partial charge on any atom is 0.277 e. The molecule has 0 aliphatic carbocycles. The molecule has 0 atom stereocenters. The van der Waals surface area contributed by atoms with Crippen LogP contribution in [0.2, 0.25) is 0 Å². The molecule has 0 aromatic carbocycles. The second kappa shape index (κ2) is 8.81. The van der Waals surface area contributed by atoms with Gasteiger partial charge in [-0.05, 0) is 13.8 Å². The van der Waals surface area contributed by atoms with Crippen LogP contribution >= 0.6 is 0 Å². The summed E-state index contributed by atoms with van der Waals surface area (Å²) >= 11 is 0. The monoisotopic (exact) mass is 289 g/mol. The zero-order valence-corrected chi connectivity index (χ0v) is 12.6. The van der Waals surface area contributed by atoms with E-state index < -0.39 is 20.2 Å². The molecule has 0 aliphatic heterocycles. The summed E-state index contributed by atoms with van der Waals surface area (Å²) in [4.78, 5) is 0. The standard InChI is InChI=1S/C5H14N2O2S.C3H9NO2S/c1-4-6-10(8,9)7-5(2)3;1-3-4-7(2,5)6/h5-7H,4H2,1-3H3;4H,3H2,1-2H3. The Hall–Kier alpha value is -0.220. The van der Waals surface area contributed by atoms with Crippen molar-refractivity contribution in [2.45, 2.75) is 33.7 Å². The summed E-state index contributed by atoms with van der Waals surface area (Å²) in [6, 6.07) is -0.0518. The van der Waals surface area contributed by atoms with Gasteiger partial charge in [0.2, 0.25) is 10.0 Å². The maximum absolute atomic E-state index is 10.8. The molecule has 0 spiro atoms. The minimum Gasteiger partial charge on any atom is -0.216 e. The van der Waals surface area contributed by atoms with Crippen molar-refractivity contribution < 1.29 is 16.8 Å². The molecule has 0 bridgehead atoms. The fourth-order valence-corrected chi connectivity index (χ4v) is 2.41. The van der Waals surface area contributed by atoms with E-state index in [2.05, 4.69) is 14.2 Å². The van der Waals surface area contributed by atoms with Gasteiger partial charge in [-0.15, -0.1) is 0 Å². The minimum absolute atomic E-state index is 0.0518. The third kappa shape index (κ3) is 18.3. The van der Waals surface area contributed by atoms with Crippen LogP contribution in [-0.2, 0) is 20.2 Å². The quantitative estimate of drug-likeness (QED) is 0.607.